The van der Waals surface area contributed by atoms with Crippen molar-refractivity contribution >= 4 is 23.2 Å². The fourth-order valence-electron chi connectivity index (χ4n) is 3.44. The van der Waals surface area contributed by atoms with Gasteiger partial charge in [0.15, 0.2) is 5.96 Å². The van der Waals surface area contributed by atoms with Crippen LogP contribution < -0.4 is 10.2 Å². The van der Waals surface area contributed by atoms with Crippen LogP contribution in [0.4, 0.5) is 5.69 Å². The molecule has 2 aromatic rings. The van der Waals surface area contributed by atoms with Gasteiger partial charge in [-0.05, 0) is 44.4 Å². The monoisotopic (exact) mass is 403 g/mol. The van der Waals surface area contributed by atoms with Gasteiger partial charge in [-0.2, -0.15) is 0 Å². The lowest BCUT2D eigenvalue weighted by Crippen LogP contribution is -2.52. The van der Waals surface area contributed by atoms with Gasteiger partial charge < -0.3 is 19.7 Å². The van der Waals surface area contributed by atoms with E-state index in [1.54, 1.807) is 12.7 Å². The van der Waals surface area contributed by atoms with Gasteiger partial charge in [-0.1, -0.05) is 17.7 Å². The largest absolute Gasteiger partial charge is 0.368 e. The Kier molecular flexibility index (Phi) is 7.54. The van der Waals surface area contributed by atoms with Crippen molar-refractivity contribution in [3.63, 3.8) is 0 Å². The van der Waals surface area contributed by atoms with Crippen molar-refractivity contribution in [2.75, 3.05) is 44.2 Å². The quantitative estimate of drug-likeness (QED) is 0.437. The van der Waals surface area contributed by atoms with Gasteiger partial charge >= 0.3 is 0 Å². The molecule has 1 N–H and O–H groups in total. The summed E-state index contributed by atoms with van der Waals surface area (Å²) in [5.41, 5.74) is 2.51. The summed E-state index contributed by atoms with van der Waals surface area (Å²) in [6.45, 7) is 10.8. The van der Waals surface area contributed by atoms with Crippen molar-refractivity contribution in [3.05, 3.63) is 41.4 Å². The van der Waals surface area contributed by atoms with Gasteiger partial charge in [-0.15, -0.1) is 10.2 Å². The Morgan fingerprint density at radius 3 is 2.61 bits per heavy atom. The molecule has 2 heterocycles. The van der Waals surface area contributed by atoms with E-state index in [1.165, 1.54) is 11.3 Å². The van der Waals surface area contributed by atoms with Gasteiger partial charge in [0.1, 0.15) is 12.7 Å². The zero-order valence-corrected chi connectivity index (χ0v) is 17.6. The van der Waals surface area contributed by atoms with E-state index in [4.69, 9.17) is 16.6 Å². The summed E-state index contributed by atoms with van der Waals surface area (Å²) in [6, 6.07) is 6.12. The lowest BCUT2D eigenvalue weighted by Gasteiger charge is -2.38. The normalized spacial score (nSPS) is 15.2. The molecular formula is C20H30ClN7. The predicted octanol–water partition coefficient (Wildman–Crippen LogP) is 2.81. The molecule has 0 radical (unpaired) electrons. The standard InChI is InChI=1S/C20H30ClN7/c1-3-22-20(23-8-4-5-9-26-15-24-25-16-26)28-12-10-27(11-13-28)19-14-18(21)7-6-17(19)2/h6-7,14-16H,3-5,8-13H2,1-2H3,(H,22,23). The average molecular weight is 404 g/mol. The van der Waals surface area contributed by atoms with Crippen molar-refractivity contribution in [2.45, 2.75) is 33.2 Å². The fourth-order valence-corrected chi connectivity index (χ4v) is 3.60. The molecule has 0 aliphatic carbocycles. The van der Waals surface area contributed by atoms with Crippen LogP contribution in [0.1, 0.15) is 25.3 Å². The molecular weight excluding hydrogens is 374 g/mol. The van der Waals surface area contributed by atoms with Crippen molar-refractivity contribution in [2.24, 2.45) is 4.99 Å². The highest BCUT2D eigenvalue weighted by atomic mass is 35.5. The first-order valence-corrected chi connectivity index (χ1v) is 10.4. The van der Waals surface area contributed by atoms with E-state index in [1.807, 2.05) is 10.6 Å². The highest BCUT2D eigenvalue weighted by Gasteiger charge is 2.20. The summed E-state index contributed by atoms with van der Waals surface area (Å²) in [5, 5.41) is 11.9. The Morgan fingerprint density at radius 2 is 1.89 bits per heavy atom. The van der Waals surface area contributed by atoms with E-state index in [9.17, 15) is 0 Å². The number of guanidine groups is 1. The minimum atomic E-state index is 0.796. The summed E-state index contributed by atoms with van der Waals surface area (Å²) >= 11 is 6.20. The maximum atomic E-state index is 6.20. The second-order valence-corrected chi connectivity index (χ2v) is 7.48. The van der Waals surface area contributed by atoms with Gasteiger partial charge in [-0.25, -0.2) is 0 Å². The summed E-state index contributed by atoms with van der Waals surface area (Å²) in [7, 11) is 0. The molecule has 0 saturated carbocycles. The topological polar surface area (TPSA) is 61.6 Å². The van der Waals surface area contributed by atoms with Crippen molar-refractivity contribution in [1.29, 1.82) is 0 Å². The molecule has 0 amide bonds. The van der Waals surface area contributed by atoms with Crippen molar-refractivity contribution < 1.29 is 0 Å². The molecule has 152 valence electrons. The van der Waals surface area contributed by atoms with E-state index in [2.05, 4.69) is 51.3 Å². The Hall–Kier alpha value is -2.28. The van der Waals surface area contributed by atoms with E-state index in [-0.39, 0.29) is 0 Å². The summed E-state index contributed by atoms with van der Waals surface area (Å²) in [6.07, 6.45) is 5.64. The van der Waals surface area contributed by atoms with Crippen LogP contribution >= 0.6 is 11.6 Å². The third-order valence-electron chi connectivity index (χ3n) is 4.98. The Balaban J connectivity index is 1.50. The molecule has 0 spiro atoms. The van der Waals surface area contributed by atoms with Crippen LogP contribution in [-0.4, -0.2) is 64.9 Å². The molecule has 1 aromatic heterocycles. The third-order valence-corrected chi connectivity index (χ3v) is 5.21. The number of piperazine rings is 1. The van der Waals surface area contributed by atoms with Crippen LogP contribution in [0.25, 0.3) is 0 Å². The van der Waals surface area contributed by atoms with Crippen molar-refractivity contribution in [3.8, 4) is 0 Å². The van der Waals surface area contributed by atoms with Crippen LogP contribution in [0.3, 0.4) is 0 Å². The highest BCUT2D eigenvalue weighted by Crippen LogP contribution is 2.25. The van der Waals surface area contributed by atoms with Gasteiger partial charge in [0, 0.05) is 56.5 Å². The Labute approximate surface area is 172 Å². The lowest BCUT2D eigenvalue weighted by molar-refractivity contribution is 0.372. The summed E-state index contributed by atoms with van der Waals surface area (Å²) < 4.78 is 2.01. The number of rotatable bonds is 7. The molecule has 1 saturated heterocycles. The van der Waals surface area contributed by atoms with E-state index >= 15 is 0 Å². The fraction of sp³-hybridized carbons (Fsp3) is 0.550. The molecule has 0 unspecified atom stereocenters. The molecule has 28 heavy (non-hydrogen) atoms. The second-order valence-electron chi connectivity index (χ2n) is 7.05. The maximum absolute atomic E-state index is 6.20. The molecule has 0 atom stereocenters. The number of anilines is 1. The first-order chi connectivity index (χ1) is 13.7. The van der Waals surface area contributed by atoms with E-state index < -0.39 is 0 Å². The number of halogens is 1. The predicted molar refractivity (Wildman–Crippen MR) is 115 cm³/mol. The SMILES string of the molecule is CCNC(=NCCCCn1cnnc1)N1CCN(c2cc(Cl)ccc2C)CC1. The molecule has 7 nitrogen and oxygen atoms in total. The number of nitrogens with one attached hydrogen (secondary N) is 1. The van der Waals surface area contributed by atoms with Crippen LogP contribution in [0, 0.1) is 6.92 Å². The Bertz CT molecular complexity index is 752. The van der Waals surface area contributed by atoms with Crippen molar-refractivity contribution in [1.82, 2.24) is 25.0 Å². The number of unbranched alkanes of at least 4 members (excludes halogenated alkanes) is 1. The van der Waals surface area contributed by atoms with Crippen LogP contribution in [0.5, 0.6) is 0 Å². The van der Waals surface area contributed by atoms with Gasteiger partial charge in [-0.3, -0.25) is 4.99 Å². The number of hydrogen-bond donors (Lipinski definition) is 1. The minimum Gasteiger partial charge on any atom is -0.368 e. The van der Waals surface area contributed by atoms with Gasteiger partial charge in [0.05, 0.1) is 0 Å². The number of nitrogens with zero attached hydrogens (tertiary/aromatic N) is 6. The summed E-state index contributed by atoms with van der Waals surface area (Å²) in [5.74, 6) is 1.02. The maximum Gasteiger partial charge on any atom is 0.194 e. The third kappa shape index (κ3) is 5.61. The van der Waals surface area contributed by atoms with Gasteiger partial charge in [0.2, 0.25) is 0 Å². The first-order valence-electron chi connectivity index (χ1n) is 10.0. The zero-order valence-electron chi connectivity index (χ0n) is 16.8. The van der Waals surface area contributed by atoms with Crippen LogP contribution in [0.2, 0.25) is 5.02 Å². The first kappa shape index (κ1) is 20.5. The Morgan fingerprint density at radius 1 is 1.14 bits per heavy atom. The molecule has 1 aliphatic rings. The molecule has 3 rings (SSSR count). The average Bonchev–Trinajstić information content (AvgIpc) is 3.22. The number of aryl methyl sites for hydroxylation is 2. The minimum absolute atomic E-state index is 0.796. The lowest BCUT2D eigenvalue weighted by atomic mass is 10.1. The number of aromatic nitrogens is 3. The number of aliphatic imine (C=N–C) groups is 1. The second kappa shape index (κ2) is 10.3. The number of hydrogen-bond acceptors (Lipinski definition) is 4. The molecule has 1 aliphatic heterocycles. The molecule has 8 heteroatoms. The molecule has 1 fully saturated rings. The molecule has 0 bridgehead atoms. The van der Waals surface area contributed by atoms with Gasteiger partial charge in [0.25, 0.3) is 0 Å². The van der Waals surface area contributed by atoms with Crippen LogP contribution in [-0.2, 0) is 6.54 Å². The van der Waals surface area contributed by atoms with E-state index in [0.29, 0.717) is 0 Å². The summed E-state index contributed by atoms with van der Waals surface area (Å²) in [4.78, 5) is 9.61. The number of benzene rings is 1. The molecule has 1 aromatic carbocycles. The highest BCUT2D eigenvalue weighted by molar-refractivity contribution is 6.30. The zero-order chi connectivity index (χ0) is 19.8. The van der Waals surface area contributed by atoms with Crippen LogP contribution in [0.15, 0.2) is 35.8 Å². The van der Waals surface area contributed by atoms with E-state index in [0.717, 1.165) is 69.6 Å². The smallest absolute Gasteiger partial charge is 0.194 e.